The number of aromatic nitrogens is 2. The molecular weight excluding hydrogens is 352 g/mol. The molecule has 0 fully saturated rings. The number of hydrogen-bond donors (Lipinski definition) is 0. The minimum atomic E-state index is -0.770. The number of aryl methyl sites for hydroxylation is 1. The van der Waals surface area contributed by atoms with E-state index < -0.39 is 22.4 Å². The standard InChI is InChI=1S/C18H12N4O5/c1-10-4-2-7-14-19-11(8-15(23)21(10)14)9-20-17(24)12-5-3-6-13(22(26)27)16(12)18(20)25/h2-8H,9H2,1H3. The second-order valence-corrected chi connectivity index (χ2v) is 6.10. The lowest BCUT2D eigenvalue weighted by Gasteiger charge is -2.14. The summed E-state index contributed by atoms with van der Waals surface area (Å²) in [6, 6.07) is 10.3. The van der Waals surface area contributed by atoms with Gasteiger partial charge < -0.3 is 0 Å². The maximum atomic E-state index is 12.6. The van der Waals surface area contributed by atoms with Crippen LogP contribution in [0.2, 0.25) is 0 Å². The third-order valence-electron chi connectivity index (χ3n) is 4.43. The number of pyridine rings is 1. The number of nitrogens with zero attached hydrogens (tertiary/aromatic N) is 4. The number of amides is 2. The molecule has 1 aliphatic rings. The van der Waals surface area contributed by atoms with Crippen LogP contribution in [0.25, 0.3) is 5.65 Å². The first-order valence-corrected chi connectivity index (χ1v) is 8.00. The first kappa shape index (κ1) is 16.6. The van der Waals surface area contributed by atoms with Crippen LogP contribution < -0.4 is 5.56 Å². The maximum Gasteiger partial charge on any atom is 0.282 e. The van der Waals surface area contributed by atoms with Crippen molar-refractivity contribution >= 4 is 23.1 Å². The zero-order chi connectivity index (χ0) is 19.3. The van der Waals surface area contributed by atoms with Gasteiger partial charge in [-0.2, -0.15) is 0 Å². The number of imide groups is 1. The van der Waals surface area contributed by atoms with Crippen molar-refractivity contribution in [3.05, 3.63) is 85.4 Å². The van der Waals surface area contributed by atoms with Gasteiger partial charge in [0.1, 0.15) is 11.2 Å². The van der Waals surface area contributed by atoms with Gasteiger partial charge in [-0.1, -0.05) is 12.1 Å². The highest BCUT2D eigenvalue weighted by atomic mass is 16.6. The van der Waals surface area contributed by atoms with E-state index in [9.17, 15) is 24.5 Å². The molecule has 134 valence electrons. The third-order valence-corrected chi connectivity index (χ3v) is 4.43. The number of fused-ring (bicyclic) bond motifs is 2. The molecule has 0 bridgehead atoms. The van der Waals surface area contributed by atoms with Gasteiger partial charge in [-0.15, -0.1) is 0 Å². The number of carbonyl (C=O) groups excluding carboxylic acids is 2. The van der Waals surface area contributed by atoms with Crippen molar-refractivity contribution in [2.45, 2.75) is 13.5 Å². The molecule has 0 N–H and O–H groups in total. The Kier molecular flexibility index (Phi) is 3.58. The highest BCUT2D eigenvalue weighted by Gasteiger charge is 2.41. The van der Waals surface area contributed by atoms with E-state index in [1.807, 2.05) is 0 Å². The molecule has 0 saturated heterocycles. The van der Waals surface area contributed by atoms with Crippen molar-refractivity contribution in [1.82, 2.24) is 14.3 Å². The van der Waals surface area contributed by atoms with Gasteiger partial charge in [-0.05, 0) is 25.1 Å². The number of carbonyl (C=O) groups is 2. The number of nitro groups is 1. The van der Waals surface area contributed by atoms with Crippen LogP contribution in [0.1, 0.15) is 32.1 Å². The fourth-order valence-electron chi connectivity index (χ4n) is 3.22. The Hall–Kier alpha value is -3.88. The van der Waals surface area contributed by atoms with E-state index in [1.54, 1.807) is 25.1 Å². The Morgan fingerprint density at radius 1 is 1.07 bits per heavy atom. The summed E-state index contributed by atoms with van der Waals surface area (Å²) in [6.45, 7) is 1.52. The summed E-state index contributed by atoms with van der Waals surface area (Å²) < 4.78 is 1.41. The zero-order valence-electron chi connectivity index (χ0n) is 14.1. The van der Waals surface area contributed by atoms with Gasteiger partial charge in [0.05, 0.1) is 22.7 Å². The molecule has 0 spiro atoms. The molecule has 0 unspecified atom stereocenters. The Morgan fingerprint density at radius 3 is 2.56 bits per heavy atom. The molecule has 4 rings (SSSR count). The Labute approximate surface area is 151 Å². The first-order valence-electron chi connectivity index (χ1n) is 8.00. The molecular formula is C18H12N4O5. The van der Waals surface area contributed by atoms with Crippen molar-refractivity contribution in [2.75, 3.05) is 0 Å². The lowest BCUT2D eigenvalue weighted by atomic mass is 10.1. The van der Waals surface area contributed by atoms with Crippen molar-refractivity contribution in [3.63, 3.8) is 0 Å². The molecule has 2 aromatic heterocycles. The largest absolute Gasteiger partial charge is 0.282 e. The van der Waals surface area contributed by atoms with Crippen LogP contribution in [0.15, 0.2) is 47.3 Å². The Morgan fingerprint density at radius 2 is 1.81 bits per heavy atom. The van der Waals surface area contributed by atoms with Crippen LogP contribution in [0.4, 0.5) is 5.69 Å². The number of rotatable bonds is 3. The molecule has 0 saturated carbocycles. The third kappa shape index (κ3) is 2.48. The van der Waals surface area contributed by atoms with Crippen LogP contribution in [0.5, 0.6) is 0 Å². The normalized spacial score (nSPS) is 13.3. The number of hydrogen-bond acceptors (Lipinski definition) is 6. The van der Waals surface area contributed by atoms with Crippen molar-refractivity contribution in [2.24, 2.45) is 0 Å². The van der Waals surface area contributed by atoms with E-state index >= 15 is 0 Å². The predicted molar refractivity (Wildman–Crippen MR) is 93.5 cm³/mol. The van der Waals surface area contributed by atoms with Crippen molar-refractivity contribution < 1.29 is 14.5 Å². The molecule has 1 aromatic carbocycles. The topological polar surface area (TPSA) is 115 Å². The van der Waals surface area contributed by atoms with E-state index in [4.69, 9.17) is 0 Å². The highest BCUT2D eigenvalue weighted by molar-refractivity contribution is 6.23. The number of nitro benzene ring substituents is 1. The summed E-state index contributed by atoms with van der Waals surface area (Å²) in [6.07, 6.45) is 0. The van der Waals surface area contributed by atoms with Crippen LogP contribution in [-0.4, -0.2) is 31.0 Å². The molecule has 3 aromatic rings. The van der Waals surface area contributed by atoms with Gasteiger partial charge in [0.25, 0.3) is 23.1 Å². The van der Waals surface area contributed by atoms with Gasteiger partial charge >= 0.3 is 0 Å². The highest BCUT2D eigenvalue weighted by Crippen LogP contribution is 2.31. The molecule has 2 amide bonds. The number of benzene rings is 1. The molecule has 0 aliphatic carbocycles. The Balaban J connectivity index is 1.76. The minimum absolute atomic E-state index is 0.0254. The molecule has 9 heteroatoms. The van der Waals surface area contributed by atoms with E-state index in [-0.39, 0.29) is 28.9 Å². The predicted octanol–water partition coefficient (Wildman–Crippen LogP) is 1.71. The minimum Gasteiger partial charge on any atom is -0.269 e. The fraction of sp³-hybridized carbons (Fsp3) is 0.111. The molecule has 0 radical (unpaired) electrons. The summed E-state index contributed by atoms with van der Waals surface area (Å²) >= 11 is 0. The van der Waals surface area contributed by atoms with Gasteiger partial charge in [-0.3, -0.25) is 33.8 Å². The van der Waals surface area contributed by atoms with Gasteiger partial charge in [0.2, 0.25) is 0 Å². The lowest BCUT2D eigenvalue weighted by Crippen LogP contribution is -2.30. The van der Waals surface area contributed by atoms with Gasteiger partial charge in [0.15, 0.2) is 0 Å². The molecule has 0 atom stereocenters. The summed E-state index contributed by atoms with van der Waals surface area (Å²) in [5.74, 6) is -1.42. The van der Waals surface area contributed by atoms with Crippen molar-refractivity contribution in [3.8, 4) is 0 Å². The monoisotopic (exact) mass is 364 g/mol. The Bertz CT molecular complexity index is 1210. The SMILES string of the molecule is Cc1cccc2nc(CN3C(=O)c4cccc([N+](=O)[O-])c4C3=O)cc(=O)n12. The van der Waals surface area contributed by atoms with E-state index in [0.717, 1.165) is 4.90 Å². The summed E-state index contributed by atoms with van der Waals surface area (Å²) in [4.78, 5) is 53.2. The van der Waals surface area contributed by atoms with Crippen molar-refractivity contribution in [1.29, 1.82) is 0 Å². The van der Waals surface area contributed by atoms with Gasteiger partial charge in [-0.25, -0.2) is 4.98 Å². The van der Waals surface area contributed by atoms with E-state index in [2.05, 4.69) is 4.98 Å². The zero-order valence-corrected chi connectivity index (χ0v) is 14.1. The maximum absolute atomic E-state index is 12.6. The first-order chi connectivity index (χ1) is 12.9. The van der Waals surface area contributed by atoms with Crippen LogP contribution in [0.3, 0.4) is 0 Å². The van der Waals surface area contributed by atoms with E-state index in [1.165, 1.54) is 28.7 Å². The summed E-state index contributed by atoms with van der Waals surface area (Å²) in [7, 11) is 0. The van der Waals surface area contributed by atoms with Crippen LogP contribution in [-0.2, 0) is 6.54 Å². The lowest BCUT2D eigenvalue weighted by molar-refractivity contribution is -0.385. The van der Waals surface area contributed by atoms with Crippen LogP contribution >= 0.6 is 0 Å². The molecule has 3 heterocycles. The second kappa shape index (κ2) is 5.84. The second-order valence-electron chi connectivity index (χ2n) is 6.10. The summed E-state index contributed by atoms with van der Waals surface area (Å²) in [5, 5.41) is 11.2. The average Bonchev–Trinajstić information content (AvgIpc) is 2.86. The fourth-order valence-corrected chi connectivity index (χ4v) is 3.22. The van der Waals surface area contributed by atoms with E-state index in [0.29, 0.717) is 11.3 Å². The molecule has 27 heavy (non-hydrogen) atoms. The smallest absolute Gasteiger partial charge is 0.269 e. The van der Waals surface area contributed by atoms with Crippen LogP contribution in [0, 0.1) is 17.0 Å². The van der Waals surface area contributed by atoms with Gasteiger partial charge in [0, 0.05) is 17.8 Å². The average molecular weight is 364 g/mol. The molecule has 9 nitrogen and oxygen atoms in total. The summed E-state index contributed by atoms with van der Waals surface area (Å²) in [5.41, 5.74) is 0.297. The molecule has 1 aliphatic heterocycles. The quantitative estimate of drug-likeness (QED) is 0.397.